The Labute approximate surface area is 164 Å². The van der Waals surface area contributed by atoms with E-state index in [9.17, 15) is 13.2 Å². The Balaban J connectivity index is 1.61. The van der Waals surface area contributed by atoms with Crippen molar-refractivity contribution in [1.82, 2.24) is 19.2 Å². The molecule has 0 saturated carbocycles. The Morgan fingerprint density at radius 1 is 1.07 bits per heavy atom. The fourth-order valence-electron chi connectivity index (χ4n) is 3.74. The van der Waals surface area contributed by atoms with Gasteiger partial charge in [0.05, 0.1) is 12.7 Å². The Morgan fingerprint density at radius 2 is 1.79 bits per heavy atom. The molecule has 0 radical (unpaired) electrons. The smallest absolute Gasteiger partial charge is 0.245 e. The number of pyridine rings is 2. The van der Waals surface area contributed by atoms with E-state index in [1.807, 2.05) is 0 Å². The molecule has 0 unspecified atom stereocenters. The average molecular weight is 402 g/mol. The molecule has 2 atom stereocenters. The third-order valence-electron chi connectivity index (χ3n) is 5.10. The molecule has 148 valence electrons. The van der Waals surface area contributed by atoms with E-state index >= 15 is 0 Å². The minimum absolute atomic E-state index is 0.0799. The van der Waals surface area contributed by atoms with Gasteiger partial charge in [-0.2, -0.15) is 4.31 Å². The van der Waals surface area contributed by atoms with Crippen molar-refractivity contribution in [1.29, 1.82) is 0 Å². The van der Waals surface area contributed by atoms with E-state index in [1.54, 1.807) is 35.5 Å². The van der Waals surface area contributed by atoms with Crippen LogP contribution in [0.5, 0.6) is 5.75 Å². The molecule has 2 saturated heterocycles. The van der Waals surface area contributed by atoms with Crippen molar-refractivity contribution in [2.75, 3.05) is 19.6 Å². The van der Waals surface area contributed by atoms with E-state index in [2.05, 4.69) is 9.97 Å². The van der Waals surface area contributed by atoms with E-state index in [-0.39, 0.29) is 17.3 Å². The molecule has 2 fully saturated rings. The van der Waals surface area contributed by atoms with Gasteiger partial charge in [-0.25, -0.2) is 8.42 Å². The number of carbonyl (C=O) groups is 1. The predicted molar refractivity (Wildman–Crippen MR) is 101 cm³/mol. The molecule has 0 N–H and O–H groups in total. The van der Waals surface area contributed by atoms with Crippen molar-refractivity contribution in [2.45, 2.75) is 36.3 Å². The standard InChI is InChI=1S/C19H22N4O4S/c24-19(22-9-1-2-10-22)18-11-16(27-15-5-3-7-20-12-15)14-23(18)28(25,26)17-6-4-8-21-13-17/h3-8,12-13,16,18H,1-2,9-11,14H2/t16-,18-/m0/s1. The third kappa shape index (κ3) is 3.72. The molecule has 8 nitrogen and oxygen atoms in total. The van der Waals surface area contributed by atoms with E-state index in [4.69, 9.17) is 4.74 Å². The quantitative estimate of drug-likeness (QED) is 0.749. The van der Waals surface area contributed by atoms with Crippen LogP contribution in [0.2, 0.25) is 0 Å². The summed E-state index contributed by atoms with van der Waals surface area (Å²) in [5.74, 6) is 0.405. The minimum Gasteiger partial charge on any atom is -0.487 e. The molecular weight excluding hydrogens is 380 g/mol. The van der Waals surface area contributed by atoms with Crippen LogP contribution in [0, 0.1) is 0 Å². The molecule has 1 amide bonds. The summed E-state index contributed by atoms with van der Waals surface area (Å²) in [5.41, 5.74) is 0. The van der Waals surface area contributed by atoms with Crippen molar-refractivity contribution in [2.24, 2.45) is 0 Å². The second-order valence-electron chi connectivity index (χ2n) is 6.98. The largest absolute Gasteiger partial charge is 0.487 e. The molecule has 4 heterocycles. The molecule has 4 rings (SSSR count). The number of rotatable bonds is 5. The van der Waals surface area contributed by atoms with Crippen LogP contribution in [0.25, 0.3) is 0 Å². The number of ether oxygens (including phenoxy) is 1. The van der Waals surface area contributed by atoms with Gasteiger partial charge < -0.3 is 9.64 Å². The lowest BCUT2D eigenvalue weighted by Gasteiger charge is -2.26. The van der Waals surface area contributed by atoms with E-state index < -0.39 is 22.2 Å². The van der Waals surface area contributed by atoms with Gasteiger partial charge in [0.2, 0.25) is 15.9 Å². The summed E-state index contributed by atoms with van der Waals surface area (Å²) >= 11 is 0. The summed E-state index contributed by atoms with van der Waals surface area (Å²) in [6.07, 6.45) is 7.82. The van der Waals surface area contributed by atoms with Crippen LogP contribution < -0.4 is 4.74 Å². The van der Waals surface area contributed by atoms with Crippen LogP contribution in [0.4, 0.5) is 0 Å². The van der Waals surface area contributed by atoms with E-state index in [0.717, 1.165) is 12.8 Å². The predicted octanol–water partition coefficient (Wildman–Crippen LogP) is 1.31. The molecule has 0 aliphatic carbocycles. The summed E-state index contributed by atoms with van der Waals surface area (Å²) in [6.45, 7) is 1.45. The monoisotopic (exact) mass is 402 g/mol. The fourth-order valence-corrected chi connectivity index (χ4v) is 5.33. The first-order valence-corrected chi connectivity index (χ1v) is 10.8. The van der Waals surface area contributed by atoms with Crippen molar-refractivity contribution < 1.29 is 17.9 Å². The normalized spacial score (nSPS) is 23.1. The number of sulfonamides is 1. The van der Waals surface area contributed by atoms with Crippen LogP contribution in [-0.4, -0.2) is 65.3 Å². The highest BCUT2D eigenvalue weighted by atomic mass is 32.2. The second-order valence-corrected chi connectivity index (χ2v) is 8.87. The SMILES string of the molecule is O=C([C@@H]1C[C@H](Oc2cccnc2)CN1S(=O)(=O)c1cccnc1)N1CCCC1. The molecule has 2 aliphatic heterocycles. The van der Waals surface area contributed by atoms with Crippen LogP contribution >= 0.6 is 0 Å². The van der Waals surface area contributed by atoms with Crippen molar-refractivity contribution in [3.05, 3.63) is 49.1 Å². The molecule has 28 heavy (non-hydrogen) atoms. The Morgan fingerprint density at radius 3 is 2.43 bits per heavy atom. The topological polar surface area (TPSA) is 92.7 Å². The van der Waals surface area contributed by atoms with Crippen LogP contribution in [0.15, 0.2) is 53.9 Å². The lowest BCUT2D eigenvalue weighted by Crippen LogP contribution is -2.46. The number of amides is 1. The summed E-state index contributed by atoms with van der Waals surface area (Å²) in [4.78, 5) is 22.8. The van der Waals surface area contributed by atoms with E-state index in [0.29, 0.717) is 25.3 Å². The van der Waals surface area contributed by atoms with E-state index in [1.165, 1.54) is 22.8 Å². The van der Waals surface area contributed by atoms with Gasteiger partial charge in [-0.15, -0.1) is 0 Å². The zero-order valence-electron chi connectivity index (χ0n) is 15.3. The highest BCUT2D eigenvalue weighted by molar-refractivity contribution is 7.89. The number of hydrogen-bond donors (Lipinski definition) is 0. The first-order chi connectivity index (χ1) is 13.6. The number of likely N-dealkylation sites (tertiary alicyclic amines) is 1. The van der Waals surface area contributed by atoms with Crippen molar-refractivity contribution >= 4 is 15.9 Å². The van der Waals surface area contributed by atoms with Crippen molar-refractivity contribution in [3.8, 4) is 5.75 Å². The molecule has 0 spiro atoms. The Kier molecular flexibility index (Phi) is 5.27. The second kappa shape index (κ2) is 7.84. The highest BCUT2D eigenvalue weighted by Crippen LogP contribution is 2.30. The molecule has 0 bridgehead atoms. The maximum absolute atomic E-state index is 13.2. The van der Waals surface area contributed by atoms with Gasteiger partial charge in [-0.3, -0.25) is 14.8 Å². The van der Waals surface area contributed by atoms with Gasteiger partial charge in [0.15, 0.2) is 0 Å². The minimum atomic E-state index is -3.86. The number of hydrogen-bond acceptors (Lipinski definition) is 6. The zero-order chi connectivity index (χ0) is 19.6. The lowest BCUT2D eigenvalue weighted by atomic mass is 10.2. The van der Waals surface area contributed by atoms with Crippen LogP contribution in [0.1, 0.15) is 19.3 Å². The Hall–Kier alpha value is -2.52. The van der Waals surface area contributed by atoms with Gasteiger partial charge >= 0.3 is 0 Å². The van der Waals surface area contributed by atoms with Gasteiger partial charge in [-0.1, -0.05) is 0 Å². The number of aromatic nitrogens is 2. The van der Waals surface area contributed by atoms with Gasteiger partial charge in [-0.05, 0) is 37.1 Å². The summed E-state index contributed by atoms with van der Waals surface area (Å²) in [7, 11) is -3.86. The zero-order valence-corrected chi connectivity index (χ0v) is 16.2. The van der Waals surface area contributed by atoms with Crippen LogP contribution in [-0.2, 0) is 14.8 Å². The van der Waals surface area contributed by atoms with Gasteiger partial charge in [0, 0.05) is 38.1 Å². The molecular formula is C19H22N4O4S. The molecule has 9 heteroatoms. The number of carbonyl (C=O) groups excluding carboxylic acids is 1. The average Bonchev–Trinajstić information content (AvgIpc) is 3.39. The highest BCUT2D eigenvalue weighted by Gasteiger charge is 2.46. The molecule has 0 aromatic carbocycles. The maximum Gasteiger partial charge on any atom is 0.245 e. The van der Waals surface area contributed by atoms with Crippen LogP contribution in [0.3, 0.4) is 0 Å². The third-order valence-corrected chi connectivity index (χ3v) is 6.96. The van der Waals surface area contributed by atoms with Gasteiger partial charge in [0.1, 0.15) is 22.8 Å². The molecule has 2 aromatic rings. The lowest BCUT2D eigenvalue weighted by molar-refractivity contribution is -0.133. The maximum atomic E-state index is 13.2. The fraction of sp³-hybridized carbons (Fsp3) is 0.421. The first-order valence-electron chi connectivity index (χ1n) is 9.33. The Bertz CT molecular complexity index is 917. The number of nitrogens with zero attached hydrogens (tertiary/aromatic N) is 4. The summed E-state index contributed by atoms with van der Waals surface area (Å²) in [5, 5.41) is 0. The first kappa shape index (κ1) is 18.8. The molecule has 2 aromatic heterocycles. The summed E-state index contributed by atoms with van der Waals surface area (Å²) in [6, 6.07) is 5.81. The molecule has 2 aliphatic rings. The van der Waals surface area contributed by atoms with Gasteiger partial charge in [0.25, 0.3) is 0 Å². The van der Waals surface area contributed by atoms with Crippen molar-refractivity contribution in [3.63, 3.8) is 0 Å². The summed E-state index contributed by atoms with van der Waals surface area (Å²) < 4.78 is 33.6.